The zero-order valence-corrected chi connectivity index (χ0v) is 12.2. The minimum Gasteiger partial charge on any atom is -0.398 e. The second-order valence-electron chi connectivity index (χ2n) is 4.83. The predicted octanol–water partition coefficient (Wildman–Crippen LogP) is 4.29. The molecule has 3 heteroatoms. The lowest BCUT2D eigenvalue weighted by Crippen LogP contribution is -1.92. The smallest absolute Gasteiger partial charge is 0.123 e. The van der Waals surface area contributed by atoms with E-state index in [4.69, 9.17) is 10.7 Å². The Morgan fingerprint density at radius 3 is 2.65 bits per heavy atom. The predicted molar refractivity (Wildman–Crippen MR) is 85.9 cm³/mol. The van der Waals surface area contributed by atoms with Gasteiger partial charge in [0.15, 0.2) is 0 Å². The lowest BCUT2D eigenvalue weighted by atomic mass is 10.1. The number of benzene rings is 2. The minimum absolute atomic E-state index is 0.822. The van der Waals surface area contributed by atoms with Crippen molar-refractivity contribution in [3.8, 4) is 10.6 Å². The normalized spacial score (nSPS) is 10.7. The molecule has 0 saturated carbocycles. The van der Waals surface area contributed by atoms with Crippen molar-refractivity contribution < 1.29 is 0 Å². The summed E-state index contributed by atoms with van der Waals surface area (Å²) in [5.41, 5.74) is 11.4. The zero-order valence-electron chi connectivity index (χ0n) is 11.3. The van der Waals surface area contributed by atoms with E-state index < -0.39 is 0 Å². The molecule has 2 nitrogen and oxygen atoms in total. The summed E-state index contributed by atoms with van der Waals surface area (Å²) in [5.74, 6) is 0. The van der Waals surface area contributed by atoms with Crippen LogP contribution in [0.5, 0.6) is 0 Å². The number of thiazole rings is 1. The van der Waals surface area contributed by atoms with Crippen LogP contribution >= 0.6 is 11.3 Å². The van der Waals surface area contributed by atoms with Gasteiger partial charge in [-0.2, -0.15) is 0 Å². The molecule has 0 saturated heterocycles. The zero-order chi connectivity index (χ0) is 13.9. The Hall–Kier alpha value is -2.13. The lowest BCUT2D eigenvalue weighted by molar-refractivity contribution is 1.11. The van der Waals surface area contributed by atoms with Crippen LogP contribution in [0.15, 0.2) is 53.9 Å². The van der Waals surface area contributed by atoms with E-state index in [1.807, 2.05) is 25.1 Å². The molecule has 3 rings (SSSR count). The molecule has 0 amide bonds. The molecule has 0 spiro atoms. The first kappa shape index (κ1) is 12.9. The maximum atomic E-state index is 5.97. The Labute approximate surface area is 122 Å². The third kappa shape index (κ3) is 2.58. The van der Waals surface area contributed by atoms with E-state index in [-0.39, 0.29) is 0 Å². The summed E-state index contributed by atoms with van der Waals surface area (Å²) >= 11 is 1.68. The van der Waals surface area contributed by atoms with E-state index in [2.05, 4.69) is 35.7 Å². The van der Waals surface area contributed by atoms with Gasteiger partial charge < -0.3 is 5.73 Å². The summed E-state index contributed by atoms with van der Waals surface area (Å²) in [5, 5.41) is 3.17. The number of anilines is 1. The third-order valence-corrected chi connectivity index (χ3v) is 4.31. The maximum Gasteiger partial charge on any atom is 0.123 e. The third-order valence-electron chi connectivity index (χ3n) is 3.39. The Morgan fingerprint density at radius 2 is 1.85 bits per heavy atom. The molecular weight excluding hydrogens is 264 g/mol. The number of aromatic nitrogens is 1. The molecular formula is C17H16N2S. The largest absolute Gasteiger partial charge is 0.398 e. The summed E-state index contributed by atoms with van der Waals surface area (Å²) in [6.07, 6.45) is 0.874. The monoisotopic (exact) mass is 280 g/mol. The van der Waals surface area contributed by atoms with Crippen molar-refractivity contribution in [2.75, 3.05) is 5.73 Å². The van der Waals surface area contributed by atoms with E-state index >= 15 is 0 Å². The minimum atomic E-state index is 0.822. The Kier molecular flexibility index (Phi) is 3.52. The highest BCUT2D eigenvalue weighted by Crippen LogP contribution is 2.30. The standard InChI is InChI=1S/C17H16N2S/c1-12-15(8-5-9-16(12)18)17-19-14(11-20-17)10-13-6-3-2-4-7-13/h2-9,11H,10,18H2,1H3. The molecule has 2 aromatic carbocycles. The molecule has 20 heavy (non-hydrogen) atoms. The second kappa shape index (κ2) is 5.47. The van der Waals surface area contributed by atoms with E-state index in [0.29, 0.717) is 0 Å². The average molecular weight is 280 g/mol. The van der Waals surface area contributed by atoms with Crippen LogP contribution in [0.2, 0.25) is 0 Å². The summed E-state index contributed by atoms with van der Waals surface area (Å²) < 4.78 is 0. The van der Waals surface area contributed by atoms with Crippen molar-refractivity contribution in [1.82, 2.24) is 4.98 Å². The van der Waals surface area contributed by atoms with Gasteiger partial charge in [-0.15, -0.1) is 11.3 Å². The number of hydrogen-bond donors (Lipinski definition) is 1. The van der Waals surface area contributed by atoms with Crippen LogP contribution in [0, 0.1) is 6.92 Å². The Morgan fingerprint density at radius 1 is 1.05 bits per heavy atom. The molecule has 1 heterocycles. The van der Waals surface area contributed by atoms with Crippen molar-refractivity contribution in [1.29, 1.82) is 0 Å². The van der Waals surface area contributed by atoms with E-state index in [1.165, 1.54) is 5.56 Å². The quantitative estimate of drug-likeness (QED) is 0.727. The highest BCUT2D eigenvalue weighted by Gasteiger charge is 2.09. The molecule has 3 aromatic rings. The van der Waals surface area contributed by atoms with Crippen LogP contribution in [-0.4, -0.2) is 4.98 Å². The SMILES string of the molecule is Cc1c(N)cccc1-c1nc(Cc2ccccc2)cs1. The van der Waals surface area contributed by atoms with Crippen LogP contribution in [-0.2, 0) is 6.42 Å². The Balaban J connectivity index is 1.89. The number of nitrogens with two attached hydrogens (primary N) is 1. The number of nitrogen functional groups attached to an aromatic ring is 1. The molecule has 0 unspecified atom stereocenters. The molecule has 0 radical (unpaired) electrons. The molecule has 2 N–H and O–H groups in total. The first-order chi connectivity index (χ1) is 9.74. The van der Waals surface area contributed by atoms with Crippen LogP contribution in [0.3, 0.4) is 0 Å². The number of rotatable bonds is 3. The molecule has 0 aliphatic rings. The van der Waals surface area contributed by atoms with E-state index in [1.54, 1.807) is 11.3 Å². The van der Waals surface area contributed by atoms with Gasteiger partial charge in [0, 0.05) is 23.1 Å². The van der Waals surface area contributed by atoms with Gasteiger partial charge in [0.1, 0.15) is 5.01 Å². The lowest BCUT2D eigenvalue weighted by Gasteiger charge is -2.04. The van der Waals surface area contributed by atoms with Gasteiger partial charge in [-0.1, -0.05) is 42.5 Å². The molecule has 0 bridgehead atoms. The summed E-state index contributed by atoms with van der Waals surface area (Å²) in [6.45, 7) is 2.04. The fourth-order valence-electron chi connectivity index (χ4n) is 2.20. The van der Waals surface area contributed by atoms with Gasteiger partial charge in [-0.05, 0) is 24.1 Å². The fraction of sp³-hybridized carbons (Fsp3) is 0.118. The van der Waals surface area contributed by atoms with E-state index in [9.17, 15) is 0 Å². The van der Waals surface area contributed by atoms with Crippen molar-refractivity contribution >= 4 is 17.0 Å². The van der Waals surface area contributed by atoms with Crippen molar-refractivity contribution in [2.24, 2.45) is 0 Å². The van der Waals surface area contributed by atoms with Crippen molar-refractivity contribution in [3.05, 3.63) is 70.7 Å². The number of hydrogen-bond acceptors (Lipinski definition) is 3. The van der Waals surface area contributed by atoms with Crippen LogP contribution < -0.4 is 5.73 Å². The molecule has 0 fully saturated rings. The average Bonchev–Trinajstić information content (AvgIpc) is 2.91. The van der Waals surface area contributed by atoms with Crippen LogP contribution in [0.4, 0.5) is 5.69 Å². The maximum absolute atomic E-state index is 5.97. The molecule has 0 atom stereocenters. The van der Waals surface area contributed by atoms with Gasteiger partial charge >= 0.3 is 0 Å². The fourth-order valence-corrected chi connectivity index (χ4v) is 3.10. The van der Waals surface area contributed by atoms with Gasteiger partial charge in [0.25, 0.3) is 0 Å². The van der Waals surface area contributed by atoms with Gasteiger partial charge in [-0.25, -0.2) is 4.98 Å². The van der Waals surface area contributed by atoms with Gasteiger partial charge in [0.2, 0.25) is 0 Å². The first-order valence-corrected chi connectivity index (χ1v) is 7.46. The van der Waals surface area contributed by atoms with E-state index in [0.717, 1.165) is 33.9 Å². The van der Waals surface area contributed by atoms with Crippen LogP contribution in [0.25, 0.3) is 10.6 Å². The molecule has 0 aliphatic heterocycles. The Bertz CT molecular complexity index is 717. The highest BCUT2D eigenvalue weighted by molar-refractivity contribution is 7.13. The van der Waals surface area contributed by atoms with Crippen molar-refractivity contribution in [2.45, 2.75) is 13.3 Å². The highest BCUT2D eigenvalue weighted by atomic mass is 32.1. The summed E-state index contributed by atoms with van der Waals surface area (Å²) in [4.78, 5) is 4.74. The summed E-state index contributed by atoms with van der Waals surface area (Å²) in [7, 11) is 0. The summed E-state index contributed by atoms with van der Waals surface area (Å²) in [6, 6.07) is 16.4. The van der Waals surface area contributed by atoms with Gasteiger partial charge in [0.05, 0.1) is 5.69 Å². The number of nitrogens with zero attached hydrogens (tertiary/aromatic N) is 1. The molecule has 1 aromatic heterocycles. The van der Waals surface area contributed by atoms with Crippen molar-refractivity contribution in [3.63, 3.8) is 0 Å². The van der Waals surface area contributed by atoms with Crippen LogP contribution in [0.1, 0.15) is 16.8 Å². The topological polar surface area (TPSA) is 38.9 Å². The van der Waals surface area contributed by atoms with Gasteiger partial charge in [-0.3, -0.25) is 0 Å². The molecule has 100 valence electrons. The second-order valence-corrected chi connectivity index (χ2v) is 5.68. The first-order valence-electron chi connectivity index (χ1n) is 6.58. The molecule has 0 aliphatic carbocycles.